The zero-order chi connectivity index (χ0) is 37.4. The zero-order valence-corrected chi connectivity index (χ0v) is 31.6. The Bertz CT molecular complexity index is 1930. The van der Waals surface area contributed by atoms with Crippen LogP contribution in [0.5, 0.6) is 0 Å². The normalized spacial score (nSPS) is 23.6. The van der Waals surface area contributed by atoms with Crippen molar-refractivity contribution < 1.29 is 14.4 Å². The lowest BCUT2D eigenvalue weighted by Crippen LogP contribution is -2.54. The monoisotopic (exact) mass is 749 g/mol. The van der Waals surface area contributed by atoms with Crippen LogP contribution in [-0.2, 0) is 9.59 Å². The van der Waals surface area contributed by atoms with Crippen LogP contribution in [0.4, 0.5) is 17.2 Å². The molecule has 54 heavy (non-hydrogen) atoms. The molecule has 2 aromatic carbocycles. The van der Waals surface area contributed by atoms with E-state index in [4.69, 9.17) is 11.6 Å². The van der Waals surface area contributed by atoms with E-state index in [1.807, 2.05) is 47.4 Å². The van der Waals surface area contributed by atoms with Crippen LogP contribution in [0.2, 0.25) is 5.02 Å². The van der Waals surface area contributed by atoms with Crippen LogP contribution < -0.4 is 20.4 Å². The van der Waals surface area contributed by atoms with Gasteiger partial charge in [0.2, 0.25) is 11.8 Å². The maximum Gasteiger partial charge on any atom is 0.274 e. The summed E-state index contributed by atoms with van der Waals surface area (Å²) in [7, 11) is 0. The van der Waals surface area contributed by atoms with Crippen LogP contribution in [0.15, 0.2) is 54.6 Å². The van der Waals surface area contributed by atoms with Crippen molar-refractivity contribution >= 4 is 46.5 Å². The molecule has 5 fully saturated rings. The smallest absolute Gasteiger partial charge is 0.274 e. The second-order valence-corrected chi connectivity index (χ2v) is 16.6. The molecule has 1 spiro atoms. The third-order valence-corrected chi connectivity index (χ3v) is 12.8. The highest BCUT2D eigenvalue weighted by molar-refractivity contribution is 6.32. The minimum absolute atomic E-state index is 0.0460. The highest BCUT2D eigenvalue weighted by Crippen LogP contribution is 2.46. The summed E-state index contributed by atoms with van der Waals surface area (Å²) in [6, 6.07) is 20.0. The van der Waals surface area contributed by atoms with Crippen molar-refractivity contribution in [1.29, 1.82) is 5.26 Å². The molecule has 5 saturated heterocycles. The molecule has 2 N–H and O–H groups in total. The fraction of sp³-hybridized carbons (Fsp3) is 0.512. The van der Waals surface area contributed by atoms with Crippen LogP contribution in [-0.4, -0.2) is 102 Å². The van der Waals surface area contributed by atoms with E-state index >= 15 is 0 Å². The van der Waals surface area contributed by atoms with Gasteiger partial charge >= 0.3 is 0 Å². The molecule has 12 nitrogen and oxygen atoms in total. The molecule has 3 amide bonds. The van der Waals surface area contributed by atoms with Gasteiger partial charge in [-0.1, -0.05) is 23.7 Å². The van der Waals surface area contributed by atoms with E-state index in [0.29, 0.717) is 47.0 Å². The fourth-order valence-electron chi connectivity index (χ4n) is 9.36. The molecule has 0 radical (unpaired) electrons. The summed E-state index contributed by atoms with van der Waals surface area (Å²) < 4.78 is 0. The van der Waals surface area contributed by atoms with Gasteiger partial charge in [-0.15, -0.1) is 10.2 Å². The molecule has 5 aliphatic heterocycles. The molecule has 8 rings (SSSR count). The Morgan fingerprint density at radius 1 is 1.02 bits per heavy atom. The van der Waals surface area contributed by atoms with Gasteiger partial charge in [0, 0.05) is 69.0 Å². The standard InChI is InChI=1S/C41H48ClN9O3/c1-27-21-41(26-51(27)33-6-5-31(22-43)34(42)20-33)13-17-49(18-14-41)37-9-7-36(46-47-37)40(54)50-24-28(25-50)23-48-15-11-29(12-16-48)30-3-2-4-32(19-30)44-35-8-10-38(52)45-39(35)53/h2-7,9,19-20,27-29,35,44H,8,10-18,21,23-26H2,1H3,(H,45,52,53)/t27-,35?/m0/s1. The Balaban J connectivity index is 0.764. The largest absolute Gasteiger partial charge is 0.374 e. The van der Waals surface area contributed by atoms with Crippen molar-refractivity contribution in [3.8, 4) is 6.07 Å². The Kier molecular flexibility index (Phi) is 10.2. The summed E-state index contributed by atoms with van der Waals surface area (Å²) in [5.41, 5.74) is 4.42. The Labute approximate surface area is 321 Å². The maximum atomic E-state index is 13.3. The molecular weight excluding hydrogens is 702 g/mol. The lowest BCUT2D eigenvalue weighted by atomic mass is 9.77. The number of benzene rings is 2. The van der Waals surface area contributed by atoms with Crippen LogP contribution in [0.3, 0.4) is 0 Å². The van der Waals surface area contributed by atoms with Gasteiger partial charge in [-0.05, 0) is 118 Å². The van der Waals surface area contributed by atoms with E-state index in [2.05, 4.69) is 60.7 Å². The predicted molar refractivity (Wildman–Crippen MR) is 208 cm³/mol. The van der Waals surface area contributed by atoms with Crippen LogP contribution in [0.25, 0.3) is 0 Å². The summed E-state index contributed by atoms with van der Waals surface area (Å²) in [6.45, 7) is 9.57. The van der Waals surface area contributed by atoms with Gasteiger partial charge < -0.3 is 24.9 Å². The highest BCUT2D eigenvalue weighted by Gasteiger charge is 2.44. The number of hydrogen-bond donors (Lipinski definition) is 2. The number of likely N-dealkylation sites (tertiary alicyclic amines) is 2. The van der Waals surface area contributed by atoms with Gasteiger partial charge in [0.25, 0.3) is 5.91 Å². The number of nitrogens with zero attached hydrogens (tertiary/aromatic N) is 7. The number of piperidine rings is 3. The van der Waals surface area contributed by atoms with Crippen molar-refractivity contribution in [3.05, 3.63) is 76.4 Å². The topological polar surface area (TPSA) is 138 Å². The summed E-state index contributed by atoms with van der Waals surface area (Å²) in [5.74, 6) is 1.25. The minimum atomic E-state index is -0.383. The average molecular weight is 750 g/mol. The highest BCUT2D eigenvalue weighted by atomic mass is 35.5. The average Bonchev–Trinajstić information content (AvgIpc) is 3.49. The van der Waals surface area contributed by atoms with Crippen molar-refractivity contribution in [3.63, 3.8) is 0 Å². The van der Waals surface area contributed by atoms with Crippen molar-refractivity contribution in [2.24, 2.45) is 11.3 Å². The van der Waals surface area contributed by atoms with Crippen molar-refractivity contribution in [2.45, 2.75) is 69.9 Å². The lowest BCUT2D eigenvalue weighted by molar-refractivity contribution is -0.133. The van der Waals surface area contributed by atoms with Crippen LogP contribution in [0.1, 0.15) is 79.4 Å². The van der Waals surface area contributed by atoms with Crippen molar-refractivity contribution in [1.82, 2.24) is 25.3 Å². The molecule has 0 bridgehead atoms. The number of aromatic nitrogens is 2. The molecule has 3 aromatic rings. The quantitative estimate of drug-likeness (QED) is 0.301. The van der Waals surface area contributed by atoms with E-state index in [-0.39, 0.29) is 29.2 Å². The van der Waals surface area contributed by atoms with Crippen LogP contribution >= 0.6 is 11.6 Å². The van der Waals surface area contributed by atoms with E-state index in [0.717, 1.165) is 102 Å². The predicted octanol–water partition coefficient (Wildman–Crippen LogP) is 5.06. The number of carbonyl (C=O) groups is 3. The van der Waals surface area contributed by atoms with Gasteiger partial charge in [-0.2, -0.15) is 5.26 Å². The molecule has 282 valence electrons. The second-order valence-electron chi connectivity index (χ2n) is 16.1. The summed E-state index contributed by atoms with van der Waals surface area (Å²) in [4.78, 5) is 46.1. The molecule has 6 heterocycles. The number of nitrogens with one attached hydrogen (secondary N) is 2. The summed E-state index contributed by atoms with van der Waals surface area (Å²) in [5, 5.41) is 24.4. The number of carbonyl (C=O) groups excluding carboxylic acids is 3. The number of imide groups is 1. The SMILES string of the molecule is C[C@H]1CC2(CCN(c3ccc(C(=O)N4CC(CN5CCC(c6cccc(NC7CCC(=O)NC7=O)c6)CC5)C4)nn3)CC2)CN1c1ccc(C#N)c(Cl)c1. The lowest BCUT2D eigenvalue weighted by Gasteiger charge is -2.43. The molecule has 1 aromatic heterocycles. The molecule has 5 aliphatic rings. The third-order valence-electron chi connectivity index (χ3n) is 12.5. The molecule has 2 atom stereocenters. The second kappa shape index (κ2) is 15.2. The number of halogens is 1. The van der Waals surface area contributed by atoms with Gasteiger partial charge in [0.15, 0.2) is 11.5 Å². The number of amides is 3. The van der Waals surface area contributed by atoms with Crippen molar-refractivity contribution in [2.75, 3.05) is 67.5 Å². The molecule has 13 heteroatoms. The van der Waals surface area contributed by atoms with Gasteiger partial charge in [0.05, 0.1) is 10.6 Å². The van der Waals surface area contributed by atoms with E-state index in [9.17, 15) is 19.6 Å². The summed E-state index contributed by atoms with van der Waals surface area (Å²) in [6.07, 6.45) is 6.25. The van der Waals surface area contributed by atoms with Gasteiger partial charge in [0.1, 0.15) is 12.1 Å². The third kappa shape index (κ3) is 7.62. The molecule has 1 unspecified atom stereocenters. The fourth-order valence-corrected chi connectivity index (χ4v) is 9.58. The van der Waals surface area contributed by atoms with Crippen LogP contribution in [0, 0.1) is 22.7 Å². The van der Waals surface area contributed by atoms with Gasteiger partial charge in [-0.3, -0.25) is 19.7 Å². The zero-order valence-electron chi connectivity index (χ0n) is 30.8. The van der Waals surface area contributed by atoms with E-state index in [1.165, 1.54) is 5.56 Å². The minimum Gasteiger partial charge on any atom is -0.374 e. The number of anilines is 3. The van der Waals surface area contributed by atoms with E-state index < -0.39 is 0 Å². The summed E-state index contributed by atoms with van der Waals surface area (Å²) >= 11 is 6.36. The number of rotatable bonds is 8. The first-order valence-corrected chi connectivity index (χ1v) is 19.8. The maximum absolute atomic E-state index is 13.3. The first kappa shape index (κ1) is 36.3. The molecule has 0 saturated carbocycles. The Morgan fingerprint density at radius 3 is 2.52 bits per heavy atom. The molecular formula is C41H48ClN9O3. The Hall–Kier alpha value is -4.73. The number of hydrogen-bond acceptors (Lipinski definition) is 10. The Morgan fingerprint density at radius 2 is 1.81 bits per heavy atom. The van der Waals surface area contributed by atoms with E-state index in [1.54, 1.807) is 0 Å². The molecule has 0 aliphatic carbocycles. The number of nitriles is 1. The first-order chi connectivity index (χ1) is 26.1. The van der Waals surface area contributed by atoms with Gasteiger partial charge in [-0.25, -0.2) is 0 Å². The first-order valence-electron chi connectivity index (χ1n) is 19.4.